The zero-order chi connectivity index (χ0) is 16.1. The first kappa shape index (κ1) is 15.3. The Balaban J connectivity index is 1.91. The minimum atomic E-state index is -0.365. The SMILES string of the molecule is C=C1C(=O)O[C@H]2[C@H]1C[C@@H](OC(C)=O)/C(C)=C/CC[C@@]1(C)O[C@@H]21. The maximum atomic E-state index is 11.9. The molecule has 0 spiro atoms. The van der Waals surface area contributed by atoms with E-state index in [0.717, 1.165) is 18.4 Å². The predicted octanol–water partition coefficient (Wildman–Crippen LogP) is 2.30. The van der Waals surface area contributed by atoms with E-state index in [-0.39, 0.29) is 41.8 Å². The van der Waals surface area contributed by atoms with Crippen molar-refractivity contribution in [1.29, 1.82) is 0 Å². The molecule has 2 heterocycles. The van der Waals surface area contributed by atoms with Gasteiger partial charge in [0, 0.05) is 18.4 Å². The zero-order valence-electron chi connectivity index (χ0n) is 13.3. The van der Waals surface area contributed by atoms with Crippen molar-refractivity contribution in [2.75, 3.05) is 0 Å². The largest absolute Gasteiger partial charge is 0.458 e. The minimum Gasteiger partial charge on any atom is -0.458 e. The first-order valence-electron chi connectivity index (χ1n) is 7.73. The second-order valence-electron chi connectivity index (χ2n) is 6.67. The Kier molecular flexibility index (Phi) is 3.63. The third-order valence-electron chi connectivity index (χ3n) is 4.98. The van der Waals surface area contributed by atoms with E-state index in [1.54, 1.807) is 0 Å². The van der Waals surface area contributed by atoms with Gasteiger partial charge < -0.3 is 14.2 Å². The van der Waals surface area contributed by atoms with E-state index in [1.807, 2.05) is 6.92 Å². The van der Waals surface area contributed by atoms with Crippen LogP contribution in [-0.4, -0.2) is 35.9 Å². The van der Waals surface area contributed by atoms with Crippen LogP contribution in [0.2, 0.25) is 0 Å². The maximum Gasteiger partial charge on any atom is 0.334 e. The fourth-order valence-corrected chi connectivity index (χ4v) is 3.53. The molecule has 0 bridgehead atoms. The molecule has 120 valence electrons. The van der Waals surface area contributed by atoms with E-state index >= 15 is 0 Å². The van der Waals surface area contributed by atoms with Crippen LogP contribution in [0.4, 0.5) is 0 Å². The summed E-state index contributed by atoms with van der Waals surface area (Å²) >= 11 is 0. The smallest absolute Gasteiger partial charge is 0.334 e. The van der Waals surface area contributed by atoms with E-state index in [0.29, 0.717) is 12.0 Å². The van der Waals surface area contributed by atoms with Crippen molar-refractivity contribution in [3.05, 3.63) is 23.8 Å². The van der Waals surface area contributed by atoms with Gasteiger partial charge in [-0.3, -0.25) is 4.79 Å². The molecule has 2 saturated heterocycles. The maximum absolute atomic E-state index is 11.9. The lowest BCUT2D eigenvalue weighted by molar-refractivity contribution is -0.146. The molecule has 0 unspecified atom stereocenters. The van der Waals surface area contributed by atoms with Gasteiger partial charge in [0.25, 0.3) is 0 Å². The topological polar surface area (TPSA) is 65.1 Å². The number of rotatable bonds is 1. The lowest BCUT2D eigenvalue weighted by atomic mass is 9.83. The molecular formula is C17H22O5. The van der Waals surface area contributed by atoms with Crippen LogP contribution in [-0.2, 0) is 23.8 Å². The molecule has 3 rings (SSSR count). The van der Waals surface area contributed by atoms with Gasteiger partial charge in [-0.1, -0.05) is 12.7 Å². The molecule has 2 fully saturated rings. The fourth-order valence-electron chi connectivity index (χ4n) is 3.53. The van der Waals surface area contributed by atoms with Gasteiger partial charge >= 0.3 is 11.9 Å². The molecule has 1 aliphatic carbocycles. The van der Waals surface area contributed by atoms with E-state index < -0.39 is 0 Å². The van der Waals surface area contributed by atoms with Crippen LogP contribution in [0.15, 0.2) is 23.8 Å². The Morgan fingerprint density at radius 2 is 2.23 bits per heavy atom. The number of esters is 2. The van der Waals surface area contributed by atoms with Gasteiger partial charge in [0.1, 0.15) is 18.3 Å². The molecule has 0 radical (unpaired) electrons. The van der Waals surface area contributed by atoms with Crippen molar-refractivity contribution in [1.82, 2.24) is 0 Å². The normalized spacial score (nSPS) is 43.3. The van der Waals surface area contributed by atoms with Crippen LogP contribution >= 0.6 is 0 Å². The lowest BCUT2D eigenvalue weighted by Crippen LogP contribution is -2.32. The summed E-state index contributed by atoms with van der Waals surface area (Å²) in [6.07, 6.45) is 3.54. The molecule has 0 N–H and O–H groups in total. The van der Waals surface area contributed by atoms with Gasteiger partial charge in [-0.05, 0) is 38.7 Å². The summed E-state index contributed by atoms with van der Waals surface area (Å²) in [6, 6.07) is 0. The molecule has 0 aromatic carbocycles. The molecule has 0 aromatic heterocycles. The molecule has 2 aliphatic heterocycles. The van der Waals surface area contributed by atoms with Crippen molar-refractivity contribution >= 4 is 11.9 Å². The van der Waals surface area contributed by atoms with E-state index in [2.05, 4.69) is 19.6 Å². The fraction of sp³-hybridized carbons (Fsp3) is 0.647. The quantitative estimate of drug-likeness (QED) is 0.322. The van der Waals surface area contributed by atoms with Gasteiger partial charge in [0.05, 0.1) is 5.60 Å². The van der Waals surface area contributed by atoms with E-state index in [1.165, 1.54) is 6.92 Å². The number of epoxide rings is 1. The van der Waals surface area contributed by atoms with Crippen molar-refractivity contribution in [3.8, 4) is 0 Å². The molecule has 5 heteroatoms. The van der Waals surface area contributed by atoms with Crippen LogP contribution in [0.1, 0.15) is 40.0 Å². The second-order valence-corrected chi connectivity index (χ2v) is 6.67. The van der Waals surface area contributed by atoms with E-state index in [9.17, 15) is 9.59 Å². The Bertz CT molecular complexity index is 563. The summed E-state index contributed by atoms with van der Waals surface area (Å²) < 4.78 is 16.8. The number of carbonyl (C=O) groups is 2. The zero-order valence-corrected chi connectivity index (χ0v) is 13.3. The summed E-state index contributed by atoms with van der Waals surface area (Å²) in [7, 11) is 0. The van der Waals surface area contributed by atoms with Gasteiger partial charge in [-0.25, -0.2) is 4.79 Å². The standard InChI is InChI=1S/C17H22O5/c1-9-6-5-7-17(4)15(22-17)14-12(10(2)16(19)21-14)8-13(9)20-11(3)18/h6,12-15H,2,5,7-8H2,1,3-4H3/b9-6+/t12-,13+,14-,15-,17+/m0/s1. The summed E-state index contributed by atoms with van der Waals surface area (Å²) in [4.78, 5) is 23.3. The van der Waals surface area contributed by atoms with Gasteiger partial charge in [-0.2, -0.15) is 0 Å². The van der Waals surface area contributed by atoms with Gasteiger partial charge in [0.15, 0.2) is 0 Å². The summed E-state index contributed by atoms with van der Waals surface area (Å²) in [5.41, 5.74) is 1.22. The second kappa shape index (κ2) is 5.23. The average Bonchev–Trinajstić information content (AvgIpc) is 3.02. The van der Waals surface area contributed by atoms with Crippen LogP contribution in [0, 0.1) is 5.92 Å². The Morgan fingerprint density at radius 1 is 1.50 bits per heavy atom. The molecule has 5 atom stereocenters. The highest BCUT2D eigenvalue weighted by Crippen LogP contribution is 2.50. The molecule has 5 nitrogen and oxygen atoms in total. The highest BCUT2D eigenvalue weighted by molar-refractivity contribution is 5.91. The van der Waals surface area contributed by atoms with Crippen molar-refractivity contribution in [2.45, 2.75) is 63.9 Å². The third kappa shape index (κ3) is 2.58. The number of hydrogen-bond acceptors (Lipinski definition) is 5. The number of carbonyl (C=O) groups excluding carboxylic acids is 2. The summed E-state index contributed by atoms with van der Waals surface area (Å²) in [6.45, 7) is 9.28. The number of fused-ring (bicyclic) bond motifs is 3. The molecule has 0 saturated carbocycles. The number of allylic oxidation sites excluding steroid dienone is 1. The first-order valence-corrected chi connectivity index (χ1v) is 7.73. The lowest BCUT2D eigenvalue weighted by Gasteiger charge is -2.25. The van der Waals surface area contributed by atoms with Crippen molar-refractivity contribution < 1.29 is 23.8 Å². The van der Waals surface area contributed by atoms with Crippen LogP contribution in [0.25, 0.3) is 0 Å². The molecule has 0 aromatic rings. The van der Waals surface area contributed by atoms with Crippen LogP contribution < -0.4 is 0 Å². The molecule has 22 heavy (non-hydrogen) atoms. The minimum absolute atomic E-state index is 0.0921. The Morgan fingerprint density at radius 3 is 2.91 bits per heavy atom. The van der Waals surface area contributed by atoms with Crippen LogP contribution in [0.3, 0.4) is 0 Å². The van der Waals surface area contributed by atoms with Gasteiger partial charge in [-0.15, -0.1) is 0 Å². The highest BCUT2D eigenvalue weighted by Gasteiger charge is 2.61. The Hall–Kier alpha value is -1.62. The molecule has 0 amide bonds. The van der Waals surface area contributed by atoms with Crippen molar-refractivity contribution in [2.24, 2.45) is 5.92 Å². The Labute approximate surface area is 130 Å². The number of hydrogen-bond donors (Lipinski definition) is 0. The highest BCUT2D eigenvalue weighted by atomic mass is 16.6. The summed E-state index contributed by atoms with van der Waals surface area (Å²) in [5, 5.41) is 0. The van der Waals surface area contributed by atoms with Gasteiger partial charge in [0.2, 0.25) is 0 Å². The van der Waals surface area contributed by atoms with Crippen molar-refractivity contribution in [3.63, 3.8) is 0 Å². The first-order chi connectivity index (χ1) is 10.3. The van der Waals surface area contributed by atoms with Crippen LogP contribution in [0.5, 0.6) is 0 Å². The third-order valence-corrected chi connectivity index (χ3v) is 4.98. The average molecular weight is 306 g/mol. The summed E-state index contributed by atoms with van der Waals surface area (Å²) in [5.74, 6) is -0.866. The number of ether oxygens (including phenoxy) is 3. The molecular weight excluding hydrogens is 284 g/mol. The predicted molar refractivity (Wildman–Crippen MR) is 79.0 cm³/mol. The van der Waals surface area contributed by atoms with E-state index in [4.69, 9.17) is 14.2 Å². The molecule has 3 aliphatic rings. The monoisotopic (exact) mass is 306 g/mol.